The van der Waals surface area contributed by atoms with Gasteiger partial charge in [-0.25, -0.2) is 0 Å². The highest BCUT2D eigenvalue weighted by Crippen LogP contribution is 2.35. The van der Waals surface area contributed by atoms with Crippen LogP contribution in [0.5, 0.6) is 0 Å². The van der Waals surface area contributed by atoms with E-state index in [9.17, 15) is 14.4 Å². The van der Waals surface area contributed by atoms with Crippen LogP contribution in [0.15, 0.2) is 23.3 Å². The van der Waals surface area contributed by atoms with E-state index in [1.54, 1.807) is 6.92 Å². The third-order valence-electron chi connectivity index (χ3n) is 4.45. The molecule has 0 saturated carbocycles. The molecule has 0 heterocycles. The molecule has 0 unspecified atom stereocenters. The molecular weight excluding hydrogens is 304 g/mol. The predicted octanol–water partition coefficient (Wildman–Crippen LogP) is 4.33. The fraction of sp³-hybridized carbons (Fsp3) is 0.650. The lowest BCUT2D eigenvalue weighted by molar-refractivity contribution is -0.144. The van der Waals surface area contributed by atoms with Crippen molar-refractivity contribution in [2.75, 3.05) is 6.61 Å². The minimum Gasteiger partial charge on any atom is -0.466 e. The summed E-state index contributed by atoms with van der Waals surface area (Å²) in [4.78, 5) is 35.7. The van der Waals surface area contributed by atoms with Crippen molar-refractivity contribution in [3.63, 3.8) is 0 Å². The fourth-order valence-corrected chi connectivity index (χ4v) is 2.79. The van der Waals surface area contributed by atoms with Crippen molar-refractivity contribution in [3.05, 3.63) is 23.3 Å². The zero-order valence-electron chi connectivity index (χ0n) is 15.4. The Hall–Kier alpha value is -1.71. The second kappa shape index (κ2) is 9.55. The Labute approximate surface area is 145 Å². The van der Waals surface area contributed by atoms with E-state index in [1.165, 1.54) is 18.6 Å². The molecule has 0 aliphatic heterocycles. The molecule has 4 nitrogen and oxygen atoms in total. The normalized spacial score (nSPS) is 15.2. The van der Waals surface area contributed by atoms with E-state index < -0.39 is 5.41 Å². The number of ketones is 2. The van der Waals surface area contributed by atoms with Crippen LogP contribution in [-0.4, -0.2) is 24.1 Å². The van der Waals surface area contributed by atoms with Gasteiger partial charge in [-0.3, -0.25) is 14.4 Å². The number of allylic oxidation sites excluding steroid dienone is 4. The summed E-state index contributed by atoms with van der Waals surface area (Å²) in [6.45, 7) is 8.16. The van der Waals surface area contributed by atoms with Crippen LogP contribution in [0.2, 0.25) is 0 Å². The van der Waals surface area contributed by atoms with Gasteiger partial charge >= 0.3 is 5.97 Å². The Morgan fingerprint density at radius 2 is 1.75 bits per heavy atom. The monoisotopic (exact) mass is 334 g/mol. The Bertz CT molecular complexity index is 538. The van der Waals surface area contributed by atoms with E-state index in [4.69, 9.17) is 4.74 Å². The maximum Gasteiger partial charge on any atom is 0.305 e. The molecule has 1 aliphatic carbocycles. The topological polar surface area (TPSA) is 60.4 Å². The molecule has 1 aliphatic rings. The first-order valence-corrected chi connectivity index (χ1v) is 8.92. The van der Waals surface area contributed by atoms with Crippen LogP contribution in [0.25, 0.3) is 0 Å². The van der Waals surface area contributed by atoms with Gasteiger partial charge in [0.25, 0.3) is 0 Å². The molecule has 1 rings (SSSR count). The number of carbonyl (C=O) groups is 3. The number of unbranched alkanes of at least 4 members (excludes halogenated alkanes) is 3. The molecule has 0 spiro atoms. The summed E-state index contributed by atoms with van der Waals surface area (Å²) in [5, 5.41) is 0. The zero-order valence-corrected chi connectivity index (χ0v) is 15.4. The van der Waals surface area contributed by atoms with Crippen LogP contribution in [0, 0.1) is 5.41 Å². The Kier molecular flexibility index (Phi) is 8.09. The summed E-state index contributed by atoms with van der Waals surface area (Å²) in [5.41, 5.74) is 0.586. The van der Waals surface area contributed by atoms with E-state index in [0.717, 1.165) is 19.3 Å². The quantitative estimate of drug-likeness (QED) is 0.339. The van der Waals surface area contributed by atoms with Gasteiger partial charge in [-0.05, 0) is 43.8 Å². The standard InChI is InChI=1S/C20H30O4/c1-5-6-7-8-12-24-19(23)10-9-11-20(3,4)16-14-17(21)15(2)13-18(16)22/h13-14H,5-12H2,1-4H3. The van der Waals surface area contributed by atoms with Gasteiger partial charge in [-0.1, -0.05) is 40.0 Å². The molecule has 0 fully saturated rings. The highest BCUT2D eigenvalue weighted by atomic mass is 16.5. The third-order valence-corrected chi connectivity index (χ3v) is 4.45. The lowest BCUT2D eigenvalue weighted by Gasteiger charge is -2.28. The van der Waals surface area contributed by atoms with Crippen LogP contribution in [0.3, 0.4) is 0 Å². The summed E-state index contributed by atoms with van der Waals surface area (Å²) < 4.78 is 5.22. The summed E-state index contributed by atoms with van der Waals surface area (Å²) in [5.74, 6) is -0.391. The zero-order chi connectivity index (χ0) is 18.2. The molecule has 134 valence electrons. The van der Waals surface area contributed by atoms with E-state index in [2.05, 4.69) is 6.92 Å². The van der Waals surface area contributed by atoms with Gasteiger partial charge in [0.15, 0.2) is 11.6 Å². The molecule has 0 N–H and O–H groups in total. The summed E-state index contributed by atoms with van der Waals surface area (Å²) in [6.07, 6.45) is 8.85. The van der Waals surface area contributed by atoms with Gasteiger partial charge < -0.3 is 4.74 Å². The molecule has 0 aromatic rings. The predicted molar refractivity (Wildman–Crippen MR) is 94.6 cm³/mol. The Balaban J connectivity index is 2.38. The summed E-state index contributed by atoms with van der Waals surface area (Å²) in [6, 6.07) is 0. The molecule has 0 amide bonds. The molecule has 0 aromatic heterocycles. The van der Waals surface area contributed by atoms with E-state index in [-0.39, 0.29) is 17.5 Å². The fourth-order valence-electron chi connectivity index (χ4n) is 2.79. The smallest absolute Gasteiger partial charge is 0.305 e. The average molecular weight is 334 g/mol. The maximum absolute atomic E-state index is 12.1. The first kappa shape index (κ1) is 20.3. The second-order valence-corrected chi connectivity index (χ2v) is 7.13. The molecule has 4 heteroatoms. The van der Waals surface area contributed by atoms with Crippen molar-refractivity contribution >= 4 is 17.5 Å². The van der Waals surface area contributed by atoms with Crippen molar-refractivity contribution in [1.29, 1.82) is 0 Å². The molecule has 0 aromatic carbocycles. The first-order chi connectivity index (χ1) is 11.3. The summed E-state index contributed by atoms with van der Waals surface area (Å²) >= 11 is 0. The largest absolute Gasteiger partial charge is 0.466 e. The number of rotatable bonds is 10. The third kappa shape index (κ3) is 6.42. The van der Waals surface area contributed by atoms with Crippen LogP contribution in [-0.2, 0) is 19.1 Å². The number of carbonyl (C=O) groups excluding carboxylic acids is 3. The van der Waals surface area contributed by atoms with Crippen molar-refractivity contribution in [2.45, 2.75) is 72.6 Å². The number of hydrogen-bond acceptors (Lipinski definition) is 4. The molecule has 0 saturated heterocycles. The highest BCUT2D eigenvalue weighted by Gasteiger charge is 2.30. The van der Waals surface area contributed by atoms with E-state index >= 15 is 0 Å². The number of hydrogen-bond donors (Lipinski definition) is 0. The van der Waals surface area contributed by atoms with Gasteiger partial charge in [-0.15, -0.1) is 0 Å². The highest BCUT2D eigenvalue weighted by molar-refractivity contribution is 6.20. The second-order valence-electron chi connectivity index (χ2n) is 7.13. The minimum atomic E-state index is -0.425. The van der Waals surface area contributed by atoms with Crippen molar-refractivity contribution in [3.8, 4) is 0 Å². The van der Waals surface area contributed by atoms with Crippen molar-refractivity contribution in [1.82, 2.24) is 0 Å². The van der Waals surface area contributed by atoms with Crippen LogP contribution in [0.4, 0.5) is 0 Å². The van der Waals surface area contributed by atoms with E-state index in [0.29, 0.717) is 37.0 Å². The van der Waals surface area contributed by atoms with Gasteiger partial charge in [-0.2, -0.15) is 0 Å². The average Bonchev–Trinajstić information content (AvgIpc) is 2.50. The minimum absolute atomic E-state index is 0.101. The van der Waals surface area contributed by atoms with Crippen LogP contribution in [0.1, 0.15) is 72.6 Å². The SMILES string of the molecule is CCCCCCOC(=O)CCCC(C)(C)C1=CC(=O)C(C)=CC1=O. The van der Waals surface area contributed by atoms with Gasteiger partial charge in [0.05, 0.1) is 6.61 Å². The van der Waals surface area contributed by atoms with Gasteiger partial charge in [0.2, 0.25) is 0 Å². The van der Waals surface area contributed by atoms with E-state index in [1.807, 2.05) is 13.8 Å². The summed E-state index contributed by atoms with van der Waals surface area (Å²) in [7, 11) is 0. The van der Waals surface area contributed by atoms with Crippen molar-refractivity contribution in [2.24, 2.45) is 5.41 Å². The van der Waals surface area contributed by atoms with Gasteiger partial charge in [0.1, 0.15) is 0 Å². The lowest BCUT2D eigenvalue weighted by Crippen LogP contribution is -2.25. The Morgan fingerprint density at radius 1 is 1.04 bits per heavy atom. The first-order valence-electron chi connectivity index (χ1n) is 8.92. The number of ether oxygens (including phenoxy) is 1. The van der Waals surface area contributed by atoms with Gasteiger partial charge in [0, 0.05) is 17.6 Å². The molecule has 0 radical (unpaired) electrons. The van der Waals surface area contributed by atoms with Crippen LogP contribution >= 0.6 is 0 Å². The molecule has 0 bridgehead atoms. The lowest BCUT2D eigenvalue weighted by atomic mass is 9.75. The molecular formula is C20H30O4. The van der Waals surface area contributed by atoms with Crippen molar-refractivity contribution < 1.29 is 19.1 Å². The maximum atomic E-state index is 12.1. The number of esters is 1. The van der Waals surface area contributed by atoms with Crippen LogP contribution < -0.4 is 0 Å². The molecule has 0 atom stereocenters. The molecule has 24 heavy (non-hydrogen) atoms. The Morgan fingerprint density at radius 3 is 2.42 bits per heavy atom.